The second-order valence-corrected chi connectivity index (χ2v) is 5.67. The molecule has 0 saturated carbocycles. The van der Waals surface area contributed by atoms with Gasteiger partial charge in [-0.1, -0.05) is 30.3 Å². The predicted molar refractivity (Wildman–Crippen MR) is 88.6 cm³/mol. The average molecular weight is 329 g/mol. The van der Waals surface area contributed by atoms with Crippen molar-refractivity contribution in [2.45, 2.75) is 13.2 Å². The quantitative estimate of drug-likeness (QED) is 0.660. The molecule has 0 amide bonds. The summed E-state index contributed by atoms with van der Waals surface area (Å²) < 4.78 is 20.4. The van der Waals surface area contributed by atoms with E-state index in [1.54, 1.807) is 10.7 Å². The van der Waals surface area contributed by atoms with Crippen molar-refractivity contribution in [3.63, 3.8) is 0 Å². The Morgan fingerprint density at radius 3 is 2.70 bits per heavy atom. The molecule has 0 aliphatic heterocycles. The van der Waals surface area contributed by atoms with Gasteiger partial charge in [0.15, 0.2) is 0 Å². The van der Waals surface area contributed by atoms with Gasteiger partial charge in [0.1, 0.15) is 5.82 Å². The molecule has 3 rings (SSSR count). The van der Waals surface area contributed by atoms with Gasteiger partial charge in [-0.15, -0.1) is 5.10 Å². The third kappa shape index (κ3) is 3.91. The molecule has 118 valence electrons. The number of benzene rings is 2. The molecule has 6 heteroatoms. The van der Waals surface area contributed by atoms with Crippen molar-refractivity contribution in [3.05, 3.63) is 70.8 Å². The molecule has 0 N–H and O–H groups in total. The fourth-order valence-electron chi connectivity index (χ4n) is 2.32. The molecule has 0 radical (unpaired) electrons. The van der Waals surface area contributed by atoms with Gasteiger partial charge in [0.2, 0.25) is 5.89 Å². The minimum absolute atomic E-state index is 0.236. The first-order valence-corrected chi connectivity index (χ1v) is 7.59. The third-order valence-electron chi connectivity index (χ3n) is 3.34. The van der Waals surface area contributed by atoms with E-state index >= 15 is 0 Å². The zero-order valence-corrected chi connectivity index (χ0v) is 13.5. The van der Waals surface area contributed by atoms with Crippen LogP contribution in [-0.2, 0) is 13.2 Å². The van der Waals surface area contributed by atoms with E-state index in [0.717, 1.165) is 11.1 Å². The monoisotopic (exact) mass is 329 g/mol. The lowest BCUT2D eigenvalue weighted by Gasteiger charge is -2.15. The van der Waals surface area contributed by atoms with E-state index in [2.05, 4.69) is 5.10 Å². The molecule has 2 aromatic carbocycles. The van der Waals surface area contributed by atoms with Gasteiger partial charge in [0.25, 0.3) is 4.84 Å². The van der Waals surface area contributed by atoms with Crippen molar-refractivity contribution in [2.75, 3.05) is 7.05 Å². The van der Waals surface area contributed by atoms with Crippen LogP contribution in [0.15, 0.2) is 59.0 Å². The van der Waals surface area contributed by atoms with Gasteiger partial charge in [-0.25, -0.2) is 9.07 Å². The first kappa shape index (κ1) is 15.6. The lowest BCUT2D eigenvalue weighted by molar-refractivity contribution is 0.240. The van der Waals surface area contributed by atoms with Crippen molar-refractivity contribution < 1.29 is 8.81 Å². The normalized spacial score (nSPS) is 11.1. The molecule has 23 heavy (non-hydrogen) atoms. The van der Waals surface area contributed by atoms with Crippen LogP contribution in [0.1, 0.15) is 5.56 Å². The maximum Gasteiger partial charge on any atom is 0.288 e. The summed E-state index contributed by atoms with van der Waals surface area (Å²) in [6.07, 6.45) is 0. The molecule has 3 aromatic rings. The summed E-state index contributed by atoms with van der Waals surface area (Å²) in [5.41, 5.74) is 1.77. The summed E-state index contributed by atoms with van der Waals surface area (Å²) >= 11 is 5.22. The van der Waals surface area contributed by atoms with E-state index in [0.29, 0.717) is 23.9 Å². The Kier molecular flexibility index (Phi) is 4.64. The molecule has 1 aromatic heterocycles. The van der Waals surface area contributed by atoms with Crippen LogP contribution in [0, 0.1) is 10.7 Å². The Morgan fingerprint density at radius 1 is 1.17 bits per heavy atom. The predicted octanol–water partition coefficient (Wildman–Crippen LogP) is 4.10. The third-order valence-corrected chi connectivity index (χ3v) is 3.64. The van der Waals surface area contributed by atoms with Gasteiger partial charge in [0.05, 0.1) is 6.67 Å². The van der Waals surface area contributed by atoms with Crippen LogP contribution in [0.25, 0.3) is 11.5 Å². The van der Waals surface area contributed by atoms with Crippen molar-refractivity contribution in [2.24, 2.45) is 0 Å². The van der Waals surface area contributed by atoms with Crippen LogP contribution in [0.2, 0.25) is 0 Å². The first-order valence-electron chi connectivity index (χ1n) is 7.18. The summed E-state index contributed by atoms with van der Waals surface area (Å²) in [4.78, 5) is 2.30. The Hall–Kier alpha value is -2.31. The van der Waals surface area contributed by atoms with Crippen molar-refractivity contribution in [1.29, 1.82) is 0 Å². The van der Waals surface area contributed by atoms with Gasteiger partial charge in [0, 0.05) is 12.1 Å². The molecule has 1 heterocycles. The maximum atomic E-state index is 13.2. The second kappa shape index (κ2) is 6.85. The number of nitrogens with zero attached hydrogens (tertiary/aromatic N) is 3. The molecule has 0 unspecified atom stereocenters. The van der Waals surface area contributed by atoms with Crippen molar-refractivity contribution in [3.8, 4) is 11.5 Å². The number of hydrogen-bond acceptors (Lipinski definition) is 4. The van der Waals surface area contributed by atoms with Gasteiger partial charge >= 0.3 is 0 Å². The minimum atomic E-state index is -0.236. The molecular weight excluding hydrogens is 313 g/mol. The average Bonchev–Trinajstić information content (AvgIpc) is 2.89. The van der Waals surface area contributed by atoms with E-state index in [-0.39, 0.29) is 5.82 Å². The standard InChI is InChI=1S/C17H16FN3OS/c1-20(11-13-6-5-9-15(18)10-13)12-21-17(23)22-16(19-21)14-7-3-2-4-8-14/h2-10H,11-12H2,1H3. The lowest BCUT2D eigenvalue weighted by atomic mass is 10.2. The van der Waals surface area contributed by atoms with Gasteiger partial charge in [-0.2, -0.15) is 0 Å². The molecule has 0 saturated heterocycles. The highest BCUT2D eigenvalue weighted by molar-refractivity contribution is 7.71. The topological polar surface area (TPSA) is 34.2 Å². The highest BCUT2D eigenvalue weighted by Gasteiger charge is 2.10. The van der Waals surface area contributed by atoms with Crippen LogP contribution in [0.3, 0.4) is 0 Å². The molecule has 0 aliphatic rings. The smallest absolute Gasteiger partial charge is 0.288 e. The summed E-state index contributed by atoms with van der Waals surface area (Å²) in [6.45, 7) is 1.05. The van der Waals surface area contributed by atoms with Crippen LogP contribution < -0.4 is 0 Å². The minimum Gasteiger partial charge on any atom is -0.409 e. The highest BCUT2D eigenvalue weighted by atomic mass is 32.1. The molecule has 0 aliphatic carbocycles. The zero-order valence-electron chi connectivity index (χ0n) is 12.6. The van der Waals surface area contributed by atoms with Crippen molar-refractivity contribution >= 4 is 12.2 Å². The van der Waals surface area contributed by atoms with Crippen LogP contribution >= 0.6 is 12.2 Å². The number of aromatic nitrogens is 2. The summed E-state index contributed by atoms with van der Waals surface area (Å²) in [7, 11) is 1.92. The molecule has 0 fully saturated rings. The number of hydrogen-bond donors (Lipinski definition) is 0. The fraction of sp³-hybridized carbons (Fsp3) is 0.176. The van der Waals surface area contributed by atoms with E-state index < -0.39 is 0 Å². The fourth-order valence-corrected chi connectivity index (χ4v) is 2.50. The largest absolute Gasteiger partial charge is 0.409 e. The Balaban J connectivity index is 1.73. The Labute approximate surface area is 138 Å². The maximum absolute atomic E-state index is 13.2. The number of halogens is 1. The van der Waals surface area contributed by atoms with Gasteiger partial charge in [-0.05, 0) is 49.1 Å². The molecular formula is C17H16FN3OS. The molecule has 4 nitrogen and oxygen atoms in total. The van der Waals surface area contributed by atoms with E-state index in [1.807, 2.05) is 48.3 Å². The van der Waals surface area contributed by atoms with E-state index in [4.69, 9.17) is 16.6 Å². The Morgan fingerprint density at radius 2 is 1.96 bits per heavy atom. The van der Waals surface area contributed by atoms with Crippen LogP contribution in [0.4, 0.5) is 4.39 Å². The SMILES string of the molecule is CN(Cc1cccc(F)c1)Cn1nc(-c2ccccc2)oc1=S. The van der Waals surface area contributed by atoms with E-state index in [9.17, 15) is 4.39 Å². The summed E-state index contributed by atoms with van der Waals surface area (Å²) in [5.74, 6) is 0.259. The summed E-state index contributed by atoms with van der Waals surface area (Å²) in [5, 5.41) is 4.41. The summed E-state index contributed by atoms with van der Waals surface area (Å²) in [6, 6.07) is 16.2. The van der Waals surface area contributed by atoms with Crippen molar-refractivity contribution in [1.82, 2.24) is 14.7 Å². The van der Waals surface area contributed by atoms with Crippen LogP contribution in [0.5, 0.6) is 0 Å². The lowest BCUT2D eigenvalue weighted by Crippen LogP contribution is -2.22. The van der Waals surface area contributed by atoms with E-state index in [1.165, 1.54) is 12.1 Å². The first-order chi connectivity index (χ1) is 11.1. The number of rotatable bonds is 5. The molecule has 0 atom stereocenters. The molecule has 0 spiro atoms. The Bertz CT molecular complexity index is 844. The zero-order chi connectivity index (χ0) is 16.2. The van der Waals surface area contributed by atoms with Gasteiger partial charge in [-0.3, -0.25) is 4.90 Å². The second-order valence-electron chi connectivity index (χ2n) is 5.32. The van der Waals surface area contributed by atoms with Gasteiger partial charge < -0.3 is 4.42 Å². The highest BCUT2D eigenvalue weighted by Crippen LogP contribution is 2.17. The molecule has 0 bridgehead atoms. The van der Waals surface area contributed by atoms with Crippen LogP contribution in [-0.4, -0.2) is 21.7 Å².